The summed E-state index contributed by atoms with van der Waals surface area (Å²) in [5.41, 5.74) is 10.8. The molecule has 9 aromatic rings. The molecule has 0 amide bonds. The first-order chi connectivity index (χ1) is 22.3. The van der Waals surface area contributed by atoms with Crippen LogP contribution in [0.1, 0.15) is 0 Å². The first-order valence-electron chi connectivity index (χ1n) is 15.0. The Labute approximate surface area is 264 Å². The average Bonchev–Trinajstić information content (AvgIpc) is 3.55. The van der Waals surface area contributed by atoms with Gasteiger partial charge in [0.25, 0.3) is 0 Å². The van der Waals surface area contributed by atoms with Crippen LogP contribution >= 0.6 is 11.3 Å². The summed E-state index contributed by atoms with van der Waals surface area (Å²) in [7, 11) is 0. The summed E-state index contributed by atoms with van der Waals surface area (Å²) < 4.78 is 1.20. The first kappa shape index (κ1) is 25.8. The van der Waals surface area contributed by atoms with Crippen molar-refractivity contribution in [3.05, 3.63) is 152 Å². The number of pyridine rings is 2. The molecule has 6 aromatic carbocycles. The van der Waals surface area contributed by atoms with E-state index in [-0.39, 0.29) is 0 Å². The highest BCUT2D eigenvalue weighted by molar-refractivity contribution is 7.21. The fraction of sp³-hybridized carbons (Fsp3) is 0. The highest BCUT2D eigenvalue weighted by Crippen LogP contribution is 2.38. The van der Waals surface area contributed by atoms with Gasteiger partial charge in [0, 0.05) is 28.1 Å². The van der Waals surface area contributed by atoms with Crippen molar-refractivity contribution in [2.24, 2.45) is 0 Å². The van der Waals surface area contributed by atoms with Gasteiger partial charge >= 0.3 is 0 Å². The van der Waals surface area contributed by atoms with Crippen LogP contribution in [0.5, 0.6) is 0 Å². The maximum atomic E-state index is 5.16. The molecule has 3 nitrogen and oxygen atoms in total. The van der Waals surface area contributed by atoms with E-state index in [1.165, 1.54) is 32.2 Å². The molecule has 210 valence electrons. The van der Waals surface area contributed by atoms with Crippen molar-refractivity contribution in [1.29, 1.82) is 0 Å². The van der Waals surface area contributed by atoms with Crippen LogP contribution in [-0.2, 0) is 0 Å². The van der Waals surface area contributed by atoms with Gasteiger partial charge in [-0.15, -0.1) is 11.3 Å². The molecule has 0 aliphatic carbocycles. The molecule has 45 heavy (non-hydrogen) atoms. The van der Waals surface area contributed by atoms with Crippen molar-refractivity contribution >= 4 is 54.1 Å². The zero-order chi connectivity index (χ0) is 29.7. The molecule has 0 saturated carbocycles. The van der Waals surface area contributed by atoms with E-state index in [0.29, 0.717) is 0 Å². The number of aromatic nitrogens is 3. The minimum atomic E-state index is 0.930. The van der Waals surface area contributed by atoms with E-state index < -0.39 is 0 Å². The van der Waals surface area contributed by atoms with Crippen molar-refractivity contribution < 1.29 is 0 Å². The summed E-state index contributed by atoms with van der Waals surface area (Å²) in [6, 6.07) is 51.5. The lowest BCUT2D eigenvalue weighted by atomic mass is 9.92. The second-order valence-electron chi connectivity index (χ2n) is 11.3. The predicted molar refractivity (Wildman–Crippen MR) is 189 cm³/mol. The molecule has 4 heteroatoms. The number of benzene rings is 6. The topological polar surface area (TPSA) is 38.7 Å². The molecule has 9 rings (SSSR count). The van der Waals surface area contributed by atoms with Crippen LogP contribution in [0.15, 0.2) is 152 Å². The summed E-state index contributed by atoms with van der Waals surface area (Å²) in [5.74, 6) is 0. The van der Waals surface area contributed by atoms with Crippen LogP contribution in [0.25, 0.3) is 86.9 Å². The maximum Gasteiger partial charge on any atom is 0.124 e. The van der Waals surface area contributed by atoms with Gasteiger partial charge < -0.3 is 0 Å². The van der Waals surface area contributed by atoms with E-state index in [0.717, 1.165) is 54.7 Å². The lowest BCUT2D eigenvalue weighted by Crippen LogP contribution is -1.91. The average molecular weight is 592 g/mol. The summed E-state index contributed by atoms with van der Waals surface area (Å²) >= 11 is 1.74. The van der Waals surface area contributed by atoms with Crippen LogP contribution in [0.2, 0.25) is 0 Å². The van der Waals surface area contributed by atoms with Gasteiger partial charge in [-0.1, -0.05) is 115 Å². The summed E-state index contributed by atoms with van der Waals surface area (Å²) in [4.78, 5) is 14.8. The van der Waals surface area contributed by atoms with E-state index in [2.05, 4.69) is 138 Å². The van der Waals surface area contributed by atoms with Gasteiger partial charge in [-0.05, 0) is 63.4 Å². The smallest absolute Gasteiger partial charge is 0.124 e. The molecule has 0 N–H and O–H groups in total. The first-order valence-corrected chi connectivity index (χ1v) is 15.8. The van der Waals surface area contributed by atoms with Crippen LogP contribution in [0.4, 0.5) is 0 Å². The predicted octanol–water partition coefficient (Wildman–Crippen LogP) is 11.2. The lowest BCUT2D eigenvalue weighted by Gasteiger charge is -2.13. The van der Waals surface area contributed by atoms with Crippen LogP contribution in [-0.4, -0.2) is 15.0 Å². The Morgan fingerprint density at radius 1 is 0.444 bits per heavy atom. The standard InChI is InChI=1S/C41H25N3S/c1-2-8-28(9-3-1)41-44-37-25-30(18-22-38(37)45-41)29-10-6-11-31(24-29)32-19-20-35(34-14-5-4-13-33(32)34)36-21-17-27-16-15-26-12-7-23-42-39(26)40(27)43-36/h1-25H. The number of rotatable bonds is 4. The van der Waals surface area contributed by atoms with Crippen LogP contribution < -0.4 is 0 Å². The van der Waals surface area contributed by atoms with E-state index in [1.54, 1.807) is 11.3 Å². The molecular weight excluding hydrogens is 567 g/mol. The van der Waals surface area contributed by atoms with Gasteiger partial charge in [0.15, 0.2) is 0 Å². The molecule has 0 bridgehead atoms. The molecule has 0 aliphatic heterocycles. The summed E-state index contributed by atoms with van der Waals surface area (Å²) in [6.07, 6.45) is 1.84. The number of thiazole rings is 1. The summed E-state index contributed by atoms with van der Waals surface area (Å²) in [5, 5.41) is 5.62. The molecule has 3 aromatic heterocycles. The maximum absolute atomic E-state index is 5.16. The molecular formula is C41H25N3S. The Morgan fingerprint density at radius 2 is 1.16 bits per heavy atom. The zero-order valence-electron chi connectivity index (χ0n) is 24.2. The van der Waals surface area contributed by atoms with Crippen molar-refractivity contribution in [2.45, 2.75) is 0 Å². The van der Waals surface area contributed by atoms with Crippen LogP contribution in [0.3, 0.4) is 0 Å². The molecule has 3 heterocycles. The molecule has 0 atom stereocenters. The monoisotopic (exact) mass is 591 g/mol. The third-order valence-electron chi connectivity index (χ3n) is 8.55. The van der Waals surface area contributed by atoms with Crippen molar-refractivity contribution in [3.63, 3.8) is 0 Å². The Balaban J connectivity index is 1.13. The molecule has 0 unspecified atom stereocenters. The van der Waals surface area contributed by atoms with Crippen molar-refractivity contribution in [2.75, 3.05) is 0 Å². The Bertz CT molecular complexity index is 2550. The molecule has 0 radical (unpaired) electrons. The van der Waals surface area contributed by atoms with Crippen LogP contribution in [0, 0.1) is 0 Å². The summed E-state index contributed by atoms with van der Waals surface area (Å²) in [6.45, 7) is 0. The van der Waals surface area contributed by atoms with Gasteiger partial charge in [0.2, 0.25) is 0 Å². The van der Waals surface area contributed by atoms with E-state index >= 15 is 0 Å². The van der Waals surface area contributed by atoms with E-state index in [9.17, 15) is 0 Å². The van der Waals surface area contributed by atoms with E-state index in [4.69, 9.17) is 9.97 Å². The SMILES string of the molecule is c1ccc(-c2nc3cc(-c4cccc(-c5ccc(-c6ccc7ccc8cccnc8c7n6)c6ccccc56)c4)ccc3s2)cc1. The van der Waals surface area contributed by atoms with Gasteiger partial charge in [0.1, 0.15) is 5.01 Å². The minimum absolute atomic E-state index is 0.930. The molecule has 0 fully saturated rings. The van der Waals surface area contributed by atoms with Crippen molar-refractivity contribution in [3.8, 4) is 44.1 Å². The third kappa shape index (κ3) is 4.46. The van der Waals surface area contributed by atoms with Gasteiger partial charge in [-0.25, -0.2) is 9.97 Å². The normalized spacial score (nSPS) is 11.6. The Morgan fingerprint density at radius 3 is 2.04 bits per heavy atom. The fourth-order valence-corrected chi connectivity index (χ4v) is 7.28. The minimum Gasteiger partial charge on any atom is -0.254 e. The number of fused-ring (bicyclic) bond motifs is 5. The molecule has 0 aliphatic rings. The zero-order valence-corrected chi connectivity index (χ0v) is 25.0. The largest absolute Gasteiger partial charge is 0.254 e. The van der Waals surface area contributed by atoms with E-state index in [1.807, 2.05) is 18.3 Å². The quantitative estimate of drug-likeness (QED) is 0.191. The Kier molecular flexibility index (Phi) is 6.00. The highest BCUT2D eigenvalue weighted by Gasteiger charge is 2.13. The second kappa shape index (κ2) is 10.5. The highest BCUT2D eigenvalue weighted by atomic mass is 32.1. The van der Waals surface area contributed by atoms with Gasteiger partial charge in [-0.3, -0.25) is 4.98 Å². The number of hydrogen-bond acceptors (Lipinski definition) is 4. The molecule has 0 spiro atoms. The third-order valence-corrected chi connectivity index (χ3v) is 9.63. The fourth-order valence-electron chi connectivity index (χ4n) is 6.33. The number of nitrogens with zero attached hydrogens (tertiary/aromatic N) is 3. The Hall–Kier alpha value is -5.71. The number of hydrogen-bond donors (Lipinski definition) is 0. The molecule has 0 saturated heterocycles. The van der Waals surface area contributed by atoms with Crippen molar-refractivity contribution in [1.82, 2.24) is 15.0 Å². The van der Waals surface area contributed by atoms with Gasteiger partial charge in [0.05, 0.1) is 26.9 Å². The lowest BCUT2D eigenvalue weighted by molar-refractivity contribution is 1.37. The second-order valence-corrected chi connectivity index (χ2v) is 12.3. The van der Waals surface area contributed by atoms with Gasteiger partial charge in [-0.2, -0.15) is 0 Å².